The summed E-state index contributed by atoms with van der Waals surface area (Å²) in [6.45, 7) is 0.586. The van der Waals surface area contributed by atoms with Gasteiger partial charge in [-0.05, 0) is 12.1 Å². The Balaban J connectivity index is 2.02. The molecule has 2 aromatic rings. The van der Waals surface area contributed by atoms with Gasteiger partial charge >= 0.3 is 5.56 Å². The molecular formula is C13H13ClN5O+. The van der Waals surface area contributed by atoms with Gasteiger partial charge in [-0.1, -0.05) is 23.7 Å². The highest BCUT2D eigenvalue weighted by atomic mass is 35.5. The monoisotopic (exact) mass is 290 g/mol. The highest BCUT2D eigenvalue weighted by Gasteiger charge is 2.36. The number of aliphatic imine (C=N–C) groups is 1. The molecule has 0 spiro atoms. The summed E-state index contributed by atoms with van der Waals surface area (Å²) in [5.41, 5.74) is 6.81. The van der Waals surface area contributed by atoms with Crippen LogP contribution in [0.25, 0.3) is 0 Å². The zero-order chi connectivity index (χ0) is 14.3. The molecule has 0 radical (unpaired) electrons. The number of rotatable bonds is 2. The SMILES string of the molecule is C[N+]1(Cc2ccc(Cl)cc2)C=Nc2nc(N)[nH]c(=O)c21. The lowest BCUT2D eigenvalue weighted by atomic mass is 10.2. The smallest absolute Gasteiger partial charge is 0.316 e. The number of aromatic nitrogens is 2. The molecule has 0 amide bonds. The lowest BCUT2D eigenvalue weighted by molar-refractivity contribution is 0.502. The summed E-state index contributed by atoms with van der Waals surface area (Å²) in [4.78, 5) is 22.9. The molecule has 1 atom stereocenters. The van der Waals surface area contributed by atoms with Crippen LogP contribution >= 0.6 is 11.6 Å². The second kappa shape index (κ2) is 4.43. The third kappa shape index (κ3) is 2.09. The number of nitrogens with one attached hydrogen (secondary N) is 1. The van der Waals surface area contributed by atoms with Crippen molar-refractivity contribution in [1.29, 1.82) is 0 Å². The number of aromatic amines is 1. The van der Waals surface area contributed by atoms with Gasteiger partial charge in [0.15, 0.2) is 6.34 Å². The molecule has 1 aromatic carbocycles. The minimum Gasteiger partial charge on any atom is -0.369 e. The lowest BCUT2D eigenvalue weighted by Crippen LogP contribution is -2.44. The summed E-state index contributed by atoms with van der Waals surface area (Å²) in [7, 11) is 1.90. The number of hydrogen-bond acceptors (Lipinski definition) is 4. The Hall–Kier alpha value is -2.18. The predicted octanol–water partition coefficient (Wildman–Crippen LogP) is 1.82. The van der Waals surface area contributed by atoms with Crippen LogP contribution in [0.5, 0.6) is 0 Å². The van der Waals surface area contributed by atoms with Gasteiger partial charge in [-0.2, -0.15) is 9.98 Å². The number of halogens is 1. The van der Waals surface area contributed by atoms with Crippen LogP contribution in [0, 0.1) is 0 Å². The predicted molar refractivity (Wildman–Crippen MR) is 80.3 cm³/mol. The van der Waals surface area contributed by atoms with Crippen molar-refractivity contribution in [3.8, 4) is 0 Å². The van der Waals surface area contributed by atoms with Crippen LogP contribution < -0.4 is 15.8 Å². The minimum atomic E-state index is -0.263. The molecule has 1 unspecified atom stereocenters. The molecule has 1 aliphatic heterocycles. The summed E-state index contributed by atoms with van der Waals surface area (Å²) in [6, 6.07) is 7.50. The van der Waals surface area contributed by atoms with E-state index in [-0.39, 0.29) is 16.0 Å². The average molecular weight is 291 g/mol. The number of fused-ring (bicyclic) bond motifs is 1. The first-order valence-corrected chi connectivity index (χ1v) is 6.41. The standard InChI is InChI=1S/C13H12ClN5O/c1-19(6-8-2-4-9(14)5-3-8)7-16-11-10(19)12(20)18-13(15)17-11/h2-5,7H,6H2,1H3,(H2-,15,17,18,20)/p+1. The van der Waals surface area contributed by atoms with E-state index in [9.17, 15) is 4.79 Å². The molecule has 3 rings (SSSR count). The van der Waals surface area contributed by atoms with Crippen molar-refractivity contribution >= 4 is 35.4 Å². The Kier molecular flexibility index (Phi) is 2.84. The maximum absolute atomic E-state index is 12.1. The molecule has 1 aromatic heterocycles. The van der Waals surface area contributed by atoms with Gasteiger partial charge in [0.2, 0.25) is 17.5 Å². The van der Waals surface area contributed by atoms with Gasteiger partial charge in [0, 0.05) is 10.6 Å². The van der Waals surface area contributed by atoms with Crippen molar-refractivity contribution < 1.29 is 0 Å². The maximum atomic E-state index is 12.1. The second-order valence-corrected chi connectivity index (χ2v) is 5.36. The van der Waals surface area contributed by atoms with E-state index < -0.39 is 0 Å². The van der Waals surface area contributed by atoms with Gasteiger partial charge in [0.25, 0.3) is 0 Å². The van der Waals surface area contributed by atoms with Crippen molar-refractivity contribution in [3.05, 3.63) is 45.2 Å². The third-order valence-corrected chi connectivity index (χ3v) is 3.52. The molecule has 1 aliphatic rings. The van der Waals surface area contributed by atoms with E-state index in [1.165, 1.54) is 0 Å². The number of nitrogen functional groups attached to an aromatic ring is 1. The molecule has 102 valence electrons. The first-order chi connectivity index (χ1) is 9.48. The van der Waals surface area contributed by atoms with Crippen LogP contribution in [0.1, 0.15) is 5.56 Å². The van der Waals surface area contributed by atoms with Crippen LogP contribution in [-0.4, -0.2) is 23.4 Å². The van der Waals surface area contributed by atoms with Crippen molar-refractivity contribution in [3.63, 3.8) is 0 Å². The number of benzene rings is 1. The lowest BCUT2D eigenvalue weighted by Gasteiger charge is -2.24. The number of quaternary nitrogens is 1. The summed E-state index contributed by atoms with van der Waals surface area (Å²) < 4.78 is 0.250. The summed E-state index contributed by atoms with van der Waals surface area (Å²) in [5.74, 6) is 0.452. The van der Waals surface area contributed by atoms with E-state index in [2.05, 4.69) is 15.0 Å². The molecule has 0 saturated carbocycles. The van der Waals surface area contributed by atoms with Gasteiger partial charge < -0.3 is 5.73 Å². The Morgan fingerprint density at radius 1 is 1.35 bits per heavy atom. The topological polar surface area (TPSA) is 84.1 Å². The fraction of sp³-hybridized carbons (Fsp3) is 0.154. The van der Waals surface area contributed by atoms with Gasteiger partial charge in [-0.25, -0.2) is 4.48 Å². The largest absolute Gasteiger partial charge is 0.369 e. The maximum Gasteiger partial charge on any atom is 0.316 e. The van der Waals surface area contributed by atoms with Gasteiger partial charge in [0.1, 0.15) is 6.54 Å². The number of H-pyrrole nitrogens is 1. The molecule has 2 heterocycles. The van der Waals surface area contributed by atoms with Gasteiger partial charge in [-0.3, -0.25) is 9.78 Å². The van der Waals surface area contributed by atoms with Crippen LogP contribution in [0.15, 0.2) is 34.1 Å². The first-order valence-electron chi connectivity index (χ1n) is 6.03. The fourth-order valence-electron chi connectivity index (χ4n) is 2.35. The number of nitrogens with two attached hydrogens (primary N) is 1. The highest BCUT2D eigenvalue weighted by molar-refractivity contribution is 6.30. The van der Waals surface area contributed by atoms with E-state index >= 15 is 0 Å². The third-order valence-electron chi connectivity index (χ3n) is 3.26. The second-order valence-electron chi connectivity index (χ2n) is 4.92. The van der Waals surface area contributed by atoms with Crippen molar-refractivity contribution in [2.45, 2.75) is 6.54 Å². The van der Waals surface area contributed by atoms with E-state index in [1.807, 2.05) is 31.3 Å². The van der Waals surface area contributed by atoms with E-state index in [4.69, 9.17) is 17.3 Å². The molecule has 3 N–H and O–H groups in total. The van der Waals surface area contributed by atoms with Crippen LogP contribution in [-0.2, 0) is 6.54 Å². The molecule has 0 aliphatic carbocycles. The molecular weight excluding hydrogens is 278 g/mol. The molecule has 20 heavy (non-hydrogen) atoms. The average Bonchev–Trinajstić information content (AvgIpc) is 2.70. The van der Waals surface area contributed by atoms with Crippen molar-refractivity contribution in [1.82, 2.24) is 14.5 Å². The van der Waals surface area contributed by atoms with E-state index in [0.29, 0.717) is 23.1 Å². The normalized spacial score (nSPS) is 20.1. The molecule has 6 nitrogen and oxygen atoms in total. The van der Waals surface area contributed by atoms with Gasteiger partial charge in [-0.15, -0.1) is 0 Å². The first kappa shape index (κ1) is 12.8. The van der Waals surface area contributed by atoms with Gasteiger partial charge in [0.05, 0.1) is 7.05 Å². The number of nitrogens with zero attached hydrogens (tertiary/aromatic N) is 3. The zero-order valence-corrected chi connectivity index (χ0v) is 11.6. The molecule has 0 saturated heterocycles. The van der Waals surface area contributed by atoms with Crippen molar-refractivity contribution in [2.24, 2.45) is 4.99 Å². The summed E-state index contributed by atoms with van der Waals surface area (Å²) >= 11 is 5.88. The Morgan fingerprint density at radius 2 is 2.05 bits per heavy atom. The van der Waals surface area contributed by atoms with Crippen LogP contribution in [0.4, 0.5) is 17.5 Å². The zero-order valence-electron chi connectivity index (χ0n) is 10.8. The Morgan fingerprint density at radius 3 is 2.75 bits per heavy atom. The van der Waals surface area contributed by atoms with E-state index in [1.54, 1.807) is 6.34 Å². The van der Waals surface area contributed by atoms with Crippen molar-refractivity contribution in [2.75, 3.05) is 12.8 Å². The molecule has 0 fully saturated rings. The Labute approximate surface area is 120 Å². The fourth-order valence-corrected chi connectivity index (χ4v) is 2.48. The number of anilines is 1. The highest BCUT2D eigenvalue weighted by Crippen LogP contribution is 2.33. The van der Waals surface area contributed by atoms with Crippen LogP contribution in [0.3, 0.4) is 0 Å². The van der Waals surface area contributed by atoms with E-state index in [0.717, 1.165) is 5.56 Å². The molecule has 7 heteroatoms. The summed E-state index contributed by atoms with van der Waals surface area (Å²) in [5, 5.41) is 0.680. The molecule has 0 bridgehead atoms. The van der Waals surface area contributed by atoms with Crippen LogP contribution in [0.2, 0.25) is 5.02 Å². The Bertz CT molecular complexity index is 752. The summed E-state index contributed by atoms with van der Waals surface area (Å²) in [6.07, 6.45) is 1.70. The quantitative estimate of drug-likeness (QED) is 0.827. The minimum absolute atomic E-state index is 0.0749. The number of hydrogen-bond donors (Lipinski definition) is 2.